The van der Waals surface area contributed by atoms with E-state index in [4.69, 9.17) is 0 Å². The van der Waals surface area contributed by atoms with Gasteiger partial charge >= 0.3 is 0 Å². The van der Waals surface area contributed by atoms with Crippen LogP contribution in [0.5, 0.6) is 0 Å². The molecule has 2 aromatic rings. The number of hydrogen-bond donors (Lipinski definition) is 1. The fourth-order valence-electron chi connectivity index (χ4n) is 1.89. The molecule has 2 rings (SSSR count). The summed E-state index contributed by atoms with van der Waals surface area (Å²) in [6, 6.07) is 7.73. The van der Waals surface area contributed by atoms with Crippen molar-refractivity contribution in [3.63, 3.8) is 0 Å². The smallest absolute Gasteiger partial charge is 0.251 e. The molecule has 0 fully saturated rings. The third kappa shape index (κ3) is 2.50. The summed E-state index contributed by atoms with van der Waals surface area (Å²) in [6.45, 7) is 8.13. The van der Waals surface area contributed by atoms with Gasteiger partial charge in [-0.2, -0.15) is 0 Å². The van der Waals surface area contributed by atoms with Crippen molar-refractivity contribution in [2.75, 3.05) is 0 Å². The standard InChI is InChI=1S/C15H18N2O/c1-9(2)13-8-14(18)17-15(16-13)12-7-10(3)5-6-11(12)4/h5-9H,1-4H3,(H,16,17,18). The molecule has 0 spiro atoms. The molecule has 18 heavy (non-hydrogen) atoms. The minimum Gasteiger partial charge on any atom is -0.307 e. The predicted molar refractivity (Wildman–Crippen MR) is 73.9 cm³/mol. The van der Waals surface area contributed by atoms with E-state index in [1.807, 2.05) is 33.8 Å². The van der Waals surface area contributed by atoms with Gasteiger partial charge in [0.2, 0.25) is 0 Å². The average molecular weight is 242 g/mol. The molecule has 1 N–H and O–H groups in total. The van der Waals surface area contributed by atoms with Crippen LogP contribution >= 0.6 is 0 Å². The highest BCUT2D eigenvalue weighted by molar-refractivity contribution is 5.60. The van der Waals surface area contributed by atoms with Gasteiger partial charge in [-0.3, -0.25) is 4.79 Å². The molecule has 0 atom stereocenters. The fraction of sp³-hybridized carbons (Fsp3) is 0.333. The second-order valence-corrected chi connectivity index (χ2v) is 4.99. The third-order valence-corrected chi connectivity index (χ3v) is 3.00. The molecule has 94 valence electrons. The Balaban J connectivity index is 2.63. The second-order valence-electron chi connectivity index (χ2n) is 4.99. The molecular weight excluding hydrogens is 224 g/mol. The maximum Gasteiger partial charge on any atom is 0.251 e. The van der Waals surface area contributed by atoms with Crippen LogP contribution in [0.2, 0.25) is 0 Å². The highest BCUT2D eigenvalue weighted by Crippen LogP contribution is 2.21. The van der Waals surface area contributed by atoms with E-state index in [9.17, 15) is 4.79 Å². The molecule has 0 aliphatic carbocycles. The number of aromatic nitrogens is 2. The van der Waals surface area contributed by atoms with Gasteiger partial charge in [0.25, 0.3) is 5.56 Å². The summed E-state index contributed by atoms with van der Waals surface area (Å²) < 4.78 is 0. The van der Waals surface area contributed by atoms with E-state index < -0.39 is 0 Å². The first-order valence-electron chi connectivity index (χ1n) is 6.16. The zero-order valence-electron chi connectivity index (χ0n) is 11.2. The Morgan fingerprint density at radius 3 is 2.56 bits per heavy atom. The van der Waals surface area contributed by atoms with Gasteiger partial charge < -0.3 is 4.98 Å². The van der Waals surface area contributed by atoms with Crippen molar-refractivity contribution < 1.29 is 0 Å². The van der Waals surface area contributed by atoms with Crippen LogP contribution in [0.4, 0.5) is 0 Å². The first-order valence-corrected chi connectivity index (χ1v) is 6.16. The number of nitrogens with one attached hydrogen (secondary N) is 1. The van der Waals surface area contributed by atoms with E-state index in [0.717, 1.165) is 22.4 Å². The van der Waals surface area contributed by atoms with E-state index in [1.54, 1.807) is 6.07 Å². The lowest BCUT2D eigenvalue weighted by Gasteiger charge is -2.09. The molecular formula is C15H18N2O. The van der Waals surface area contributed by atoms with Crippen LogP contribution in [0, 0.1) is 13.8 Å². The van der Waals surface area contributed by atoms with Crippen LogP contribution in [-0.4, -0.2) is 9.97 Å². The highest BCUT2D eigenvalue weighted by atomic mass is 16.1. The zero-order chi connectivity index (χ0) is 13.3. The summed E-state index contributed by atoms with van der Waals surface area (Å²) in [5.74, 6) is 0.906. The molecule has 1 aromatic heterocycles. The molecule has 0 unspecified atom stereocenters. The summed E-state index contributed by atoms with van der Waals surface area (Å²) in [6.07, 6.45) is 0. The number of benzene rings is 1. The number of rotatable bonds is 2. The average Bonchev–Trinajstić information content (AvgIpc) is 2.31. The normalized spacial score (nSPS) is 10.9. The van der Waals surface area contributed by atoms with Gasteiger partial charge in [-0.1, -0.05) is 31.5 Å². The van der Waals surface area contributed by atoms with Crippen LogP contribution in [0.1, 0.15) is 36.6 Å². The van der Waals surface area contributed by atoms with Crippen molar-refractivity contribution in [3.05, 3.63) is 51.4 Å². The molecule has 1 aromatic carbocycles. The minimum absolute atomic E-state index is 0.0930. The molecule has 0 saturated carbocycles. The van der Waals surface area contributed by atoms with E-state index in [-0.39, 0.29) is 11.5 Å². The van der Waals surface area contributed by atoms with Gasteiger partial charge in [-0.05, 0) is 31.4 Å². The molecule has 0 amide bonds. The highest BCUT2D eigenvalue weighted by Gasteiger charge is 2.09. The number of aryl methyl sites for hydroxylation is 2. The molecule has 1 heterocycles. The number of nitrogens with zero attached hydrogens (tertiary/aromatic N) is 1. The van der Waals surface area contributed by atoms with Crippen molar-refractivity contribution in [1.82, 2.24) is 9.97 Å². The van der Waals surface area contributed by atoms with Crippen LogP contribution in [0.3, 0.4) is 0 Å². The van der Waals surface area contributed by atoms with Crippen LogP contribution in [0.25, 0.3) is 11.4 Å². The van der Waals surface area contributed by atoms with Crippen molar-refractivity contribution in [1.29, 1.82) is 0 Å². The Labute approximate surface area is 107 Å². The summed E-state index contributed by atoms with van der Waals surface area (Å²) >= 11 is 0. The lowest BCUT2D eigenvalue weighted by atomic mass is 10.0. The van der Waals surface area contributed by atoms with Crippen LogP contribution in [0.15, 0.2) is 29.1 Å². The molecule has 0 saturated heterocycles. The van der Waals surface area contributed by atoms with Gasteiger partial charge in [0.1, 0.15) is 5.82 Å². The van der Waals surface area contributed by atoms with Gasteiger partial charge in [0.05, 0.1) is 5.69 Å². The van der Waals surface area contributed by atoms with E-state index >= 15 is 0 Å². The molecule has 0 radical (unpaired) electrons. The summed E-state index contributed by atoms with van der Waals surface area (Å²) in [4.78, 5) is 19.1. The first-order chi connectivity index (χ1) is 8.47. The van der Waals surface area contributed by atoms with Crippen LogP contribution < -0.4 is 5.56 Å². The Morgan fingerprint density at radius 1 is 1.17 bits per heavy atom. The van der Waals surface area contributed by atoms with E-state index in [0.29, 0.717) is 5.82 Å². The lowest BCUT2D eigenvalue weighted by Crippen LogP contribution is -2.11. The summed E-state index contributed by atoms with van der Waals surface area (Å²) in [5.41, 5.74) is 4.01. The van der Waals surface area contributed by atoms with Crippen LogP contribution in [-0.2, 0) is 0 Å². The van der Waals surface area contributed by atoms with Crippen molar-refractivity contribution >= 4 is 0 Å². The number of aromatic amines is 1. The number of hydrogen-bond acceptors (Lipinski definition) is 2. The minimum atomic E-state index is -0.0930. The van der Waals surface area contributed by atoms with Gasteiger partial charge in [-0.15, -0.1) is 0 Å². The Kier molecular flexibility index (Phi) is 3.32. The molecule has 0 bridgehead atoms. The van der Waals surface area contributed by atoms with E-state index in [2.05, 4.69) is 22.1 Å². The fourth-order valence-corrected chi connectivity index (χ4v) is 1.89. The third-order valence-electron chi connectivity index (χ3n) is 3.00. The summed E-state index contributed by atoms with van der Waals surface area (Å²) in [5, 5.41) is 0. The van der Waals surface area contributed by atoms with Crippen molar-refractivity contribution in [2.45, 2.75) is 33.6 Å². The largest absolute Gasteiger partial charge is 0.307 e. The lowest BCUT2D eigenvalue weighted by molar-refractivity contribution is 0.812. The SMILES string of the molecule is Cc1ccc(C)c(-c2nc(C(C)C)cc(=O)[nH]2)c1. The van der Waals surface area contributed by atoms with Crippen molar-refractivity contribution in [3.8, 4) is 11.4 Å². The van der Waals surface area contributed by atoms with E-state index in [1.165, 1.54) is 0 Å². The van der Waals surface area contributed by atoms with Gasteiger partial charge in [-0.25, -0.2) is 4.98 Å². The first kappa shape index (κ1) is 12.6. The summed E-state index contributed by atoms with van der Waals surface area (Å²) in [7, 11) is 0. The Hall–Kier alpha value is -1.90. The molecule has 3 heteroatoms. The topological polar surface area (TPSA) is 45.8 Å². The molecule has 3 nitrogen and oxygen atoms in total. The number of H-pyrrole nitrogens is 1. The Morgan fingerprint density at radius 2 is 1.89 bits per heavy atom. The molecule has 0 aliphatic rings. The molecule has 0 aliphatic heterocycles. The maximum absolute atomic E-state index is 11.7. The predicted octanol–water partition coefficient (Wildman–Crippen LogP) is 3.18. The quantitative estimate of drug-likeness (QED) is 0.879. The maximum atomic E-state index is 11.7. The second kappa shape index (κ2) is 4.77. The van der Waals surface area contributed by atoms with Gasteiger partial charge in [0.15, 0.2) is 0 Å². The Bertz CT molecular complexity index is 627. The van der Waals surface area contributed by atoms with Gasteiger partial charge in [0, 0.05) is 11.6 Å². The monoisotopic (exact) mass is 242 g/mol. The zero-order valence-corrected chi connectivity index (χ0v) is 11.2. The van der Waals surface area contributed by atoms with Crippen molar-refractivity contribution in [2.24, 2.45) is 0 Å².